The Labute approximate surface area is 53.8 Å². The molecule has 0 aliphatic carbocycles. The van der Waals surface area contributed by atoms with Gasteiger partial charge in [0.05, 0.1) is 5.75 Å². The fourth-order valence-electron chi connectivity index (χ4n) is 0.214. The average molecular weight is 150 g/mol. The number of nitrogens with zero attached hydrogens (tertiary/aromatic N) is 1. The molecule has 53 valence electrons. The fourth-order valence-corrected chi connectivity index (χ4v) is 0.643. The molecule has 9 heavy (non-hydrogen) atoms. The highest BCUT2D eigenvalue weighted by Crippen LogP contribution is 1.88. The molecule has 0 unspecified atom stereocenters. The third-order valence-electron chi connectivity index (χ3n) is 0.602. The lowest BCUT2D eigenvalue weighted by Gasteiger charge is -1.89. The molecule has 0 saturated carbocycles. The molecule has 0 aliphatic heterocycles. The number of sulfonamides is 1. The normalized spacial score (nSPS) is 13.7. The van der Waals surface area contributed by atoms with Crippen LogP contribution in [0.15, 0.2) is 4.40 Å². The zero-order chi connectivity index (χ0) is 7.49. The van der Waals surface area contributed by atoms with Crippen LogP contribution < -0.4 is 11.5 Å². The van der Waals surface area contributed by atoms with Crippen molar-refractivity contribution in [2.45, 2.75) is 6.92 Å². The van der Waals surface area contributed by atoms with Crippen LogP contribution in [0.1, 0.15) is 6.92 Å². The van der Waals surface area contributed by atoms with E-state index in [1.807, 2.05) is 0 Å². The van der Waals surface area contributed by atoms with Gasteiger partial charge in [-0.05, 0) is 6.92 Å². The Hall–Kier alpha value is -0.780. The van der Waals surface area contributed by atoms with Crippen molar-refractivity contribution in [1.82, 2.24) is 5.73 Å². The van der Waals surface area contributed by atoms with E-state index in [9.17, 15) is 8.42 Å². The zero-order valence-corrected chi connectivity index (χ0v) is 5.77. The first-order chi connectivity index (χ1) is 3.98. The first-order valence-electron chi connectivity index (χ1n) is 2.27. The molecule has 0 aromatic carbocycles. The van der Waals surface area contributed by atoms with Crippen molar-refractivity contribution < 1.29 is 8.42 Å². The van der Waals surface area contributed by atoms with Gasteiger partial charge in [0.1, 0.15) is 0 Å². The summed E-state index contributed by atoms with van der Waals surface area (Å²) in [6.45, 7) is 1.43. The Kier molecular flexibility index (Phi) is 2.44. The molecule has 0 aromatic heterocycles. The maximum absolute atomic E-state index is 10.4. The van der Waals surface area contributed by atoms with Crippen molar-refractivity contribution in [3.05, 3.63) is 0 Å². The topological polar surface area (TPSA) is 96.3 Å². The molecule has 0 heterocycles. The van der Waals surface area contributed by atoms with Gasteiger partial charge in [-0.1, -0.05) is 0 Å². The standard InChI is InChI=1S/C3H8N3O2S/c1-2-9(7,8)6-3(4)5/h4H,2H2,1H3,(H2,5,6). The van der Waals surface area contributed by atoms with Gasteiger partial charge < -0.3 is 5.73 Å². The third kappa shape index (κ3) is 3.77. The van der Waals surface area contributed by atoms with Gasteiger partial charge >= 0.3 is 0 Å². The molecular weight excluding hydrogens is 142 g/mol. The number of nitrogens with one attached hydrogen (secondary N) is 1. The second-order valence-corrected chi connectivity index (χ2v) is 3.27. The number of hydrogen-bond acceptors (Lipinski definition) is 2. The second-order valence-electron chi connectivity index (χ2n) is 1.35. The second kappa shape index (κ2) is 2.67. The van der Waals surface area contributed by atoms with E-state index in [0.29, 0.717) is 0 Å². The van der Waals surface area contributed by atoms with Gasteiger partial charge in [-0.25, -0.2) is 8.42 Å². The van der Waals surface area contributed by atoms with Crippen LogP contribution in [0.4, 0.5) is 0 Å². The minimum atomic E-state index is -3.44. The first-order valence-corrected chi connectivity index (χ1v) is 3.88. The van der Waals surface area contributed by atoms with Crippen LogP contribution in [0.5, 0.6) is 0 Å². The van der Waals surface area contributed by atoms with Crippen LogP contribution in [0, 0.1) is 0 Å². The summed E-state index contributed by atoms with van der Waals surface area (Å²) >= 11 is 0. The molecule has 3 N–H and O–H groups in total. The smallest absolute Gasteiger partial charge is 0.256 e. The van der Waals surface area contributed by atoms with Crippen LogP contribution in [-0.2, 0) is 10.0 Å². The Morgan fingerprint density at radius 1 is 1.78 bits per heavy atom. The van der Waals surface area contributed by atoms with E-state index in [1.165, 1.54) is 6.92 Å². The lowest BCUT2D eigenvalue weighted by Crippen LogP contribution is -2.15. The zero-order valence-electron chi connectivity index (χ0n) is 4.96. The molecule has 1 radical (unpaired) electrons. The van der Waals surface area contributed by atoms with Crippen LogP contribution in [0.2, 0.25) is 0 Å². The number of rotatable bonds is 2. The van der Waals surface area contributed by atoms with E-state index in [4.69, 9.17) is 11.5 Å². The monoisotopic (exact) mass is 150 g/mol. The third-order valence-corrected chi connectivity index (χ3v) is 1.81. The van der Waals surface area contributed by atoms with Gasteiger partial charge in [0.2, 0.25) is 5.96 Å². The molecular formula is C3H8N3O2S. The molecule has 0 bridgehead atoms. The summed E-state index contributed by atoms with van der Waals surface area (Å²) in [5.41, 5.74) is 11.2. The fraction of sp³-hybridized carbons (Fsp3) is 0.667. The van der Waals surface area contributed by atoms with Gasteiger partial charge in [-0.15, -0.1) is 4.40 Å². The Morgan fingerprint density at radius 2 is 2.22 bits per heavy atom. The summed E-state index contributed by atoms with van der Waals surface area (Å²) in [4.78, 5) is 0. The van der Waals surface area contributed by atoms with E-state index < -0.39 is 16.0 Å². The van der Waals surface area contributed by atoms with Crippen molar-refractivity contribution in [2.75, 3.05) is 5.75 Å². The van der Waals surface area contributed by atoms with E-state index in [1.54, 1.807) is 0 Å². The molecule has 5 nitrogen and oxygen atoms in total. The van der Waals surface area contributed by atoms with E-state index >= 15 is 0 Å². The predicted molar refractivity (Wildman–Crippen MR) is 34.2 cm³/mol. The van der Waals surface area contributed by atoms with Crippen LogP contribution in [0.3, 0.4) is 0 Å². The Balaban J connectivity index is 4.41. The lowest BCUT2D eigenvalue weighted by atomic mass is 11.0. The highest BCUT2D eigenvalue weighted by molar-refractivity contribution is 7.90. The summed E-state index contributed by atoms with van der Waals surface area (Å²) in [5, 5.41) is 0. The molecule has 0 atom stereocenters. The molecule has 6 heteroatoms. The van der Waals surface area contributed by atoms with Gasteiger partial charge in [0.15, 0.2) is 0 Å². The van der Waals surface area contributed by atoms with Crippen LogP contribution >= 0.6 is 0 Å². The Morgan fingerprint density at radius 3 is 2.33 bits per heavy atom. The van der Waals surface area contributed by atoms with Gasteiger partial charge in [-0.2, -0.15) is 0 Å². The van der Waals surface area contributed by atoms with E-state index in [2.05, 4.69) is 4.40 Å². The van der Waals surface area contributed by atoms with Crippen molar-refractivity contribution in [2.24, 2.45) is 10.1 Å². The van der Waals surface area contributed by atoms with Crippen LogP contribution in [0.25, 0.3) is 0 Å². The van der Waals surface area contributed by atoms with Crippen molar-refractivity contribution in [3.8, 4) is 0 Å². The average Bonchev–Trinajstić information content (AvgIpc) is 1.63. The molecule has 0 rings (SSSR count). The Bertz CT molecular complexity index is 201. The molecule has 0 fully saturated rings. The van der Waals surface area contributed by atoms with Gasteiger partial charge in [0, 0.05) is 0 Å². The maximum Gasteiger partial charge on any atom is 0.256 e. The largest absolute Gasteiger partial charge is 0.368 e. The summed E-state index contributed by atoms with van der Waals surface area (Å²) in [6, 6.07) is 0. The minimum Gasteiger partial charge on any atom is -0.368 e. The summed E-state index contributed by atoms with van der Waals surface area (Å²) < 4.78 is 23.7. The molecule has 0 aromatic rings. The van der Waals surface area contributed by atoms with Crippen molar-refractivity contribution in [3.63, 3.8) is 0 Å². The van der Waals surface area contributed by atoms with E-state index in [-0.39, 0.29) is 5.75 Å². The highest BCUT2D eigenvalue weighted by Gasteiger charge is 2.02. The number of nitrogens with two attached hydrogens (primary N) is 1. The highest BCUT2D eigenvalue weighted by atomic mass is 32.2. The summed E-state index contributed by atoms with van der Waals surface area (Å²) in [5.74, 6) is -0.788. The minimum absolute atomic E-state index is 0.118. The van der Waals surface area contributed by atoms with E-state index in [0.717, 1.165) is 0 Å². The first kappa shape index (κ1) is 8.22. The van der Waals surface area contributed by atoms with Crippen molar-refractivity contribution >= 4 is 16.0 Å². The number of guanidine groups is 1. The summed E-state index contributed by atoms with van der Waals surface area (Å²) in [7, 11) is -3.44. The molecule has 0 saturated heterocycles. The quantitative estimate of drug-likeness (QED) is 0.401. The van der Waals surface area contributed by atoms with Gasteiger partial charge in [0.25, 0.3) is 10.0 Å². The van der Waals surface area contributed by atoms with Crippen LogP contribution in [-0.4, -0.2) is 20.1 Å². The predicted octanol–water partition coefficient (Wildman–Crippen LogP) is -1.07. The SMILES string of the molecule is CCS(=O)(=O)/N=C(\[NH])N. The van der Waals surface area contributed by atoms with Crippen molar-refractivity contribution in [1.29, 1.82) is 0 Å². The van der Waals surface area contributed by atoms with Gasteiger partial charge in [-0.3, -0.25) is 5.73 Å². The molecule has 0 spiro atoms. The summed E-state index contributed by atoms with van der Waals surface area (Å²) in [6.07, 6.45) is 0. The lowest BCUT2D eigenvalue weighted by molar-refractivity contribution is 0.599. The molecule has 0 amide bonds. The number of hydrogen-bond donors (Lipinski definition) is 1. The maximum atomic E-state index is 10.4. The molecule has 0 aliphatic rings.